The maximum absolute atomic E-state index is 6.28. The monoisotopic (exact) mass is 256 g/mol. The molecule has 1 aliphatic rings. The second kappa shape index (κ2) is 5.32. The quantitative estimate of drug-likeness (QED) is 0.813. The van der Waals surface area contributed by atoms with Crippen molar-refractivity contribution in [1.29, 1.82) is 0 Å². The molecule has 2 nitrogen and oxygen atoms in total. The average Bonchev–Trinajstić information content (AvgIpc) is 2.42. The van der Waals surface area contributed by atoms with Crippen LogP contribution < -0.4 is 11.5 Å². The van der Waals surface area contributed by atoms with E-state index in [-0.39, 0.29) is 5.41 Å². The highest BCUT2D eigenvalue weighted by Crippen LogP contribution is 2.40. The molecule has 4 N–H and O–H groups in total. The Bertz CT molecular complexity index is 479. The van der Waals surface area contributed by atoms with Gasteiger partial charge in [0.05, 0.1) is 5.66 Å². The Labute approximate surface area is 116 Å². The van der Waals surface area contributed by atoms with Gasteiger partial charge in [0.25, 0.3) is 0 Å². The van der Waals surface area contributed by atoms with Gasteiger partial charge in [0.15, 0.2) is 0 Å². The smallest absolute Gasteiger partial charge is 0.0924 e. The Morgan fingerprint density at radius 3 is 2.21 bits per heavy atom. The van der Waals surface area contributed by atoms with E-state index in [1.807, 2.05) is 12.1 Å². The molecule has 0 bridgehead atoms. The maximum Gasteiger partial charge on any atom is 0.0924 e. The first-order chi connectivity index (χ1) is 9.03. The van der Waals surface area contributed by atoms with E-state index in [1.54, 1.807) is 0 Å². The molecular formula is C17H24N2. The molecule has 0 aromatic heterocycles. The van der Waals surface area contributed by atoms with Crippen molar-refractivity contribution in [3.63, 3.8) is 0 Å². The standard InChI is InChI=1S/C17H24N2/c1-3-16(4-2)13-15(10-11-17(16,18)19)12-14-8-6-5-7-9-14/h5-11,13H,3-4,12,18-19H2,1-2H3. The molecule has 1 aromatic carbocycles. The third-order valence-electron chi connectivity index (χ3n) is 4.41. The van der Waals surface area contributed by atoms with Gasteiger partial charge in [-0.3, -0.25) is 0 Å². The summed E-state index contributed by atoms with van der Waals surface area (Å²) in [5.74, 6) is 0. The van der Waals surface area contributed by atoms with Gasteiger partial charge in [0.2, 0.25) is 0 Å². The zero-order valence-corrected chi connectivity index (χ0v) is 11.9. The third-order valence-corrected chi connectivity index (χ3v) is 4.41. The Morgan fingerprint density at radius 1 is 1.00 bits per heavy atom. The Hall–Kier alpha value is -1.38. The minimum atomic E-state index is -0.739. The van der Waals surface area contributed by atoms with E-state index in [0.717, 1.165) is 19.3 Å². The molecule has 19 heavy (non-hydrogen) atoms. The minimum Gasteiger partial charge on any atom is -0.309 e. The number of nitrogens with two attached hydrogens (primary N) is 2. The molecule has 1 aliphatic carbocycles. The summed E-state index contributed by atoms with van der Waals surface area (Å²) in [5, 5.41) is 0. The molecule has 2 heteroatoms. The van der Waals surface area contributed by atoms with Crippen molar-refractivity contribution in [1.82, 2.24) is 0 Å². The van der Waals surface area contributed by atoms with Crippen molar-refractivity contribution >= 4 is 0 Å². The van der Waals surface area contributed by atoms with E-state index in [2.05, 4.69) is 50.3 Å². The van der Waals surface area contributed by atoms with Crippen LogP contribution in [0, 0.1) is 5.41 Å². The van der Waals surface area contributed by atoms with Crippen LogP contribution in [0.15, 0.2) is 54.1 Å². The van der Waals surface area contributed by atoms with Gasteiger partial charge in [-0.25, -0.2) is 0 Å². The second-order valence-corrected chi connectivity index (χ2v) is 5.51. The molecular weight excluding hydrogens is 232 g/mol. The third kappa shape index (κ3) is 2.65. The number of benzene rings is 1. The molecule has 0 heterocycles. The zero-order chi connectivity index (χ0) is 13.9. The molecule has 0 unspecified atom stereocenters. The average molecular weight is 256 g/mol. The van der Waals surface area contributed by atoms with Gasteiger partial charge in [-0.05, 0) is 36.5 Å². The van der Waals surface area contributed by atoms with Crippen LogP contribution in [0.4, 0.5) is 0 Å². The highest BCUT2D eigenvalue weighted by atomic mass is 15.0. The molecule has 0 saturated carbocycles. The van der Waals surface area contributed by atoms with Crippen LogP contribution in [0.1, 0.15) is 32.3 Å². The van der Waals surface area contributed by atoms with Crippen molar-refractivity contribution < 1.29 is 0 Å². The minimum absolute atomic E-state index is 0.133. The van der Waals surface area contributed by atoms with Crippen LogP contribution in [0.2, 0.25) is 0 Å². The van der Waals surface area contributed by atoms with Crippen LogP contribution in [0.5, 0.6) is 0 Å². The van der Waals surface area contributed by atoms with Gasteiger partial charge in [0, 0.05) is 5.41 Å². The van der Waals surface area contributed by atoms with Crippen molar-refractivity contribution in [3.8, 4) is 0 Å². The summed E-state index contributed by atoms with van der Waals surface area (Å²) in [6.07, 6.45) is 9.20. The fourth-order valence-corrected chi connectivity index (χ4v) is 2.95. The lowest BCUT2D eigenvalue weighted by Gasteiger charge is -2.44. The van der Waals surface area contributed by atoms with Crippen molar-refractivity contribution in [2.24, 2.45) is 16.9 Å². The van der Waals surface area contributed by atoms with E-state index >= 15 is 0 Å². The van der Waals surface area contributed by atoms with Crippen molar-refractivity contribution in [2.45, 2.75) is 38.8 Å². The highest BCUT2D eigenvalue weighted by molar-refractivity contribution is 5.37. The summed E-state index contributed by atoms with van der Waals surface area (Å²) in [4.78, 5) is 0. The lowest BCUT2D eigenvalue weighted by molar-refractivity contribution is 0.211. The van der Waals surface area contributed by atoms with Gasteiger partial charge < -0.3 is 11.5 Å². The van der Waals surface area contributed by atoms with Gasteiger partial charge in [-0.15, -0.1) is 0 Å². The Morgan fingerprint density at radius 2 is 1.63 bits per heavy atom. The number of allylic oxidation sites excluding steroid dienone is 2. The summed E-state index contributed by atoms with van der Waals surface area (Å²) < 4.78 is 0. The SMILES string of the molecule is CCC1(CC)C=C(Cc2ccccc2)C=CC1(N)N. The summed E-state index contributed by atoms with van der Waals surface area (Å²) in [6.45, 7) is 4.32. The van der Waals surface area contributed by atoms with E-state index in [0.29, 0.717) is 0 Å². The van der Waals surface area contributed by atoms with Gasteiger partial charge >= 0.3 is 0 Å². The van der Waals surface area contributed by atoms with E-state index in [4.69, 9.17) is 11.5 Å². The highest BCUT2D eigenvalue weighted by Gasteiger charge is 2.42. The number of hydrogen-bond donors (Lipinski definition) is 2. The molecule has 0 aliphatic heterocycles. The Balaban J connectivity index is 2.28. The predicted molar refractivity (Wildman–Crippen MR) is 81.5 cm³/mol. The molecule has 0 amide bonds. The zero-order valence-electron chi connectivity index (χ0n) is 11.9. The van der Waals surface area contributed by atoms with Crippen LogP contribution in [-0.4, -0.2) is 5.66 Å². The molecule has 102 valence electrons. The Kier molecular flexibility index (Phi) is 3.93. The molecule has 0 saturated heterocycles. The van der Waals surface area contributed by atoms with Crippen molar-refractivity contribution in [2.75, 3.05) is 0 Å². The van der Waals surface area contributed by atoms with Crippen molar-refractivity contribution in [3.05, 3.63) is 59.7 Å². The van der Waals surface area contributed by atoms with E-state index in [1.165, 1.54) is 11.1 Å². The first-order valence-corrected chi connectivity index (χ1v) is 7.05. The predicted octanol–water partition coefficient (Wildman–Crippen LogP) is 3.15. The van der Waals surface area contributed by atoms with Gasteiger partial charge in [-0.1, -0.05) is 56.3 Å². The summed E-state index contributed by atoms with van der Waals surface area (Å²) in [6, 6.07) is 10.5. The molecule has 2 rings (SSSR count). The molecule has 1 aromatic rings. The van der Waals surface area contributed by atoms with Gasteiger partial charge in [-0.2, -0.15) is 0 Å². The first-order valence-electron chi connectivity index (χ1n) is 7.05. The lowest BCUT2D eigenvalue weighted by atomic mass is 9.67. The number of hydrogen-bond acceptors (Lipinski definition) is 2. The van der Waals surface area contributed by atoms with Crippen LogP contribution in [-0.2, 0) is 6.42 Å². The first kappa shape index (κ1) is 14.0. The van der Waals surface area contributed by atoms with E-state index in [9.17, 15) is 0 Å². The fraction of sp³-hybridized carbons (Fsp3) is 0.412. The summed E-state index contributed by atoms with van der Waals surface area (Å²) in [7, 11) is 0. The largest absolute Gasteiger partial charge is 0.309 e. The van der Waals surface area contributed by atoms with E-state index < -0.39 is 5.66 Å². The van der Waals surface area contributed by atoms with Gasteiger partial charge in [0.1, 0.15) is 0 Å². The molecule has 0 fully saturated rings. The van der Waals surface area contributed by atoms with Crippen LogP contribution >= 0.6 is 0 Å². The van der Waals surface area contributed by atoms with Crippen LogP contribution in [0.25, 0.3) is 0 Å². The summed E-state index contributed by atoms with van der Waals surface area (Å²) >= 11 is 0. The fourth-order valence-electron chi connectivity index (χ4n) is 2.95. The second-order valence-electron chi connectivity index (χ2n) is 5.51. The topological polar surface area (TPSA) is 52.0 Å². The maximum atomic E-state index is 6.28. The van der Waals surface area contributed by atoms with Crippen LogP contribution in [0.3, 0.4) is 0 Å². The molecule has 0 radical (unpaired) electrons. The summed E-state index contributed by atoms with van der Waals surface area (Å²) in [5.41, 5.74) is 14.3. The number of rotatable bonds is 4. The molecule has 0 atom stereocenters. The lowest BCUT2D eigenvalue weighted by Crippen LogP contribution is -2.61. The molecule has 0 spiro atoms. The normalized spacial score (nSPS) is 20.1.